The number of hydrogen-bond acceptors (Lipinski definition) is 3. The Hall–Kier alpha value is -0.770. The number of rotatable bonds is 2. The van der Waals surface area contributed by atoms with Crippen molar-refractivity contribution in [2.75, 3.05) is 13.1 Å². The Kier molecular flexibility index (Phi) is 4.01. The molecule has 1 heterocycles. The number of ether oxygens (including phenoxy) is 1. The molecule has 1 rings (SSSR count). The van der Waals surface area contributed by atoms with Crippen LogP contribution in [0.15, 0.2) is 0 Å². The molecule has 1 aliphatic heterocycles. The smallest absolute Gasteiger partial charge is 0.410 e. The van der Waals surface area contributed by atoms with Crippen LogP contribution in [0.3, 0.4) is 0 Å². The van der Waals surface area contributed by atoms with Crippen molar-refractivity contribution < 1.29 is 14.6 Å². The third-order valence-electron chi connectivity index (χ3n) is 2.96. The van der Waals surface area contributed by atoms with Crippen molar-refractivity contribution in [3.8, 4) is 0 Å². The summed E-state index contributed by atoms with van der Waals surface area (Å²) >= 11 is 0. The first-order valence-electron chi connectivity index (χ1n) is 6.61. The summed E-state index contributed by atoms with van der Waals surface area (Å²) in [4.78, 5) is 13.3. The number of likely N-dealkylation sites (tertiary alicyclic amines) is 1. The molecule has 1 fully saturated rings. The van der Waals surface area contributed by atoms with Crippen molar-refractivity contribution in [3.63, 3.8) is 0 Å². The number of amides is 1. The van der Waals surface area contributed by atoms with Crippen LogP contribution in [0.5, 0.6) is 0 Å². The zero-order valence-electron chi connectivity index (χ0n) is 12.5. The van der Waals surface area contributed by atoms with Crippen LogP contribution in [0, 0.1) is 5.41 Å². The average Bonchev–Trinajstić information content (AvgIpc) is 2.06. The van der Waals surface area contributed by atoms with Gasteiger partial charge in [0.1, 0.15) is 5.60 Å². The Morgan fingerprint density at radius 2 is 1.72 bits per heavy atom. The Labute approximate surface area is 110 Å². The summed E-state index contributed by atoms with van der Waals surface area (Å²) in [7, 11) is 0. The van der Waals surface area contributed by atoms with Crippen molar-refractivity contribution in [3.05, 3.63) is 0 Å². The first-order valence-corrected chi connectivity index (χ1v) is 6.61. The van der Waals surface area contributed by atoms with Gasteiger partial charge in [0, 0.05) is 0 Å². The highest BCUT2D eigenvalue weighted by atomic mass is 16.6. The lowest BCUT2D eigenvalue weighted by atomic mass is 9.81. The molecule has 0 radical (unpaired) electrons. The van der Waals surface area contributed by atoms with Gasteiger partial charge in [-0.05, 0) is 39.0 Å². The molecule has 1 amide bonds. The van der Waals surface area contributed by atoms with E-state index in [2.05, 4.69) is 20.8 Å². The van der Waals surface area contributed by atoms with Crippen LogP contribution in [0.1, 0.15) is 54.4 Å². The Balaban J connectivity index is 2.36. The third kappa shape index (κ3) is 4.84. The Bertz CT molecular complexity index is 306. The number of hydrogen-bond donors (Lipinski definition) is 1. The minimum absolute atomic E-state index is 0.210. The molecule has 18 heavy (non-hydrogen) atoms. The highest BCUT2D eigenvalue weighted by Gasteiger charge is 2.45. The van der Waals surface area contributed by atoms with Gasteiger partial charge < -0.3 is 14.7 Å². The van der Waals surface area contributed by atoms with E-state index in [1.807, 2.05) is 20.8 Å². The number of carbonyl (C=O) groups is 1. The van der Waals surface area contributed by atoms with E-state index in [4.69, 9.17) is 4.74 Å². The first-order chi connectivity index (χ1) is 7.90. The third-order valence-corrected chi connectivity index (χ3v) is 2.96. The SMILES string of the molecule is CC(C)(C)CCC1(O)CN(C(=O)OC(C)(C)C)C1. The molecule has 0 spiro atoms. The number of β-amino-alcohol motifs (C(OH)–C–C–N with tert-alkyl or cyclic N) is 1. The lowest BCUT2D eigenvalue weighted by molar-refractivity contribution is -0.106. The predicted octanol–water partition coefficient (Wildman–Crippen LogP) is 2.79. The van der Waals surface area contributed by atoms with Crippen molar-refractivity contribution in [2.45, 2.75) is 65.6 Å². The maximum atomic E-state index is 11.7. The predicted molar refractivity (Wildman–Crippen MR) is 71.4 cm³/mol. The standard InChI is InChI=1S/C14H27NO3/c1-12(2,3)7-8-14(17)9-15(10-14)11(16)18-13(4,5)6/h17H,7-10H2,1-6H3. The normalized spacial score (nSPS) is 19.4. The van der Waals surface area contributed by atoms with E-state index in [-0.39, 0.29) is 11.5 Å². The van der Waals surface area contributed by atoms with E-state index in [1.54, 1.807) is 4.90 Å². The van der Waals surface area contributed by atoms with Gasteiger partial charge in [-0.3, -0.25) is 0 Å². The monoisotopic (exact) mass is 257 g/mol. The zero-order chi connectivity index (χ0) is 14.2. The molecule has 0 atom stereocenters. The fraction of sp³-hybridized carbons (Fsp3) is 0.929. The summed E-state index contributed by atoms with van der Waals surface area (Å²) in [6, 6.07) is 0. The highest BCUT2D eigenvalue weighted by Crippen LogP contribution is 2.32. The van der Waals surface area contributed by atoms with Gasteiger partial charge in [0.2, 0.25) is 0 Å². The van der Waals surface area contributed by atoms with Crippen molar-refractivity contribution in [1.29, 1.82) is 0 Å². The van der Waals surface area contributed by atoms with Crippen LogP contribution in [0.4, 0.5) is 4.79 Å². The molecule has 0 aromatic heterocycles. The van der Waals surface area contributed by atoms with Crippen molar-refractivity contribution >= 4 is 6.09 Å². The van der Waals surface area contributed by atoms with Crippen LogP contribution in [-0.4, -0.2) is 40.4 Å². The van der Waals surface area contributed by atoms with Gasteiger partial charge in [-0.1, -0.05) is 20.8 Å². The molecule has 1 aliphatic rings. The lowest BCUT2D eigenvalue weighted by Crippen LogP contribution is -2.64. The molecular weight excluding hydrogens is 230 g/mol. The fourth-order valence-corrected chi connectivity index (χ4v) is 1.89. The quantitative estimate of drug-likeness (QED) is 0.827. The van der Waals surface area contributed by atoms with Crippen LogP contribution in [-0.2, 0) is 4.74 Å². The van der Waals surface area contributed by atoms with Crippen LogP contribution in [0.2, 0.25) is 0 Å². The topological polar surface area (TPSA) is 49.8 Å². The molecule has 0 aromatic rings. The van der Waals surface area contributed by atoms with Gasteiger partial charge in [-0.25, -0.2) is 4.79 Å². The number of carbonyl (C=O) groups excluding carboxylic acids is 1. The van der Waals surface area contributed by atoms with Gasteiger partial charge in [0.15, 0.2) is 0 Å². The molecular formula is C14H27NO3. The first kappa shape index (κ1) is 15.3. The summed E-state index contributed by atoms with van der Waals surface area (Å²) in [5.41, 5.74) is -0.984. The fourth-order valence-electron chi connectivity index (χ4n) is 1.89. The summed E-state index contributed by atoms with van der Waals surface area (Å²) < 4.78 is 5.26. The van der Waals surface area contributed by atoms with Crippen LogP contribution < -0.4 is 0 Å². The van der Waals surface area contributed by atoms with Crippen molar-refractivity contribution in [1.82, 2.24) is 4.90 Å². The minimum Gasteiger partial charge on any atom is -0.444 e. The summed E-state index contributed by atoms with van der Waals surface area (Å²) in [6.45, 7) is 12.8. The molecule has 0 unspecified atom stereocenters. The van der Waals surface area contributed by atoms with Gasteiger partial charge in [0.25, 0.3) is 0 Å². The molecule has 1 saturated heterocycles. The summed E-state index contributed by atoms with van der Waals surface area (Å²) in [6.07, 6.45) is 1.35. The highest BCUT2D eigenvalue weighted by molar-refractivity contribution is 5.69. The second-order valence-corrected chi connectivity index (χ2v) is 7.62. The van der Waals surface area contributed by atoms with E-state index >= 15 is 0 Å². The molecule has 1 N–H and O–H groups in total. The maximum Gasteiger partial charge on any atom is 0.410 e. The zero-order valence-corrected chi connectivity index (χ0v) is 12.5. The average molecular weight is 257 g/mol. The molecule has 106 valence electrons. The van der Waals surface area contributed by atoms with Crippen LogP contribution in [0.25, 0.3) is 0 Å². The van der Waals surface area contributed by atoms with Gasteiger partial charge in [0.05, 0.1) is 18.7 Å². The second kappa shape index (κ2) is 4.72. The van der Waals surface area contributed by atoms with Crippen LogP contribution >= 0.6 is 0 Å². The molecule has 0 saturated carbocycles. The van der Waals surface area contributed by atoms with E-state index < -0.39 is 11.2 Å². The minimum atomic E-state index is -0.718. The van der Waals surface area contributed by atoms with E-state index in [9.17, 15) is 9.90 Å². The van der Waals surface area contributed by atoms with Gasteiger partial charge in [-0.2, -0.15) is 0 Å². The number of aliphatic hydroxyl groups is 1. The molecule has 0 bridgehead atoms. The largest absolute Gasteiger partial charge is 0.444 e. The van der Waals surface area contributed by atoms with E-state index in [0.29, 0.717) is 13.1 Å². The second-order valence-electron chi connectivity index (χ2n) is 7.62. The number of nitrogens with zero attached hydrogens (tertiary/aromatic N) is 1. The van der Waals surface area contributed by atoms with E-state index in [0.717, 1.165) is 12.8 Å². The van der Waals surface area contributed by atoms with E-state index in [1.165, 1.54) is 0 Å². The molecule has 4 heteroatoms. The van der Waals surface area contributed by atoms with Crippen molar-refractivity contribution in [2.24, 2.45) is 5.41 Å². The van der Waals surface area contributed by atoms with Gasteiger partial charge >= 0.3 is 6.09 Å². The molecule has 0 aliphatic carbocycles. The Morgan fingerprint density at radius 3 is 2.11 bits per heavy atom. The Morgan fingerprint density at radius 1 is 1.22 bits per heavy atom. The molecule has 0 aromatic carbocycles. The molecule has 4 nitrogen and oxygen atoms in total. The summed E-state index contributed by atoms with van der Waals surface area (Å²) in [5.74, 6) is 0. The summed E-state index contributed by atoms with van der Waals surface area (Å²) in [5, 5.41) is 10.2. The van der Waals surface area contributed by atoms with Gasteiger partial charge in [-0.15, -0.1) is 0 Å². The lowest BCUT2D eigenvalue weighted by Gasteiger charge is -2.47. The maximum absolute atomic E-state index is 11.7.